The number of amides is 1. The first-order valence-electron chi connectivity index (χ1n) is 12.3. The fourth-order valence-corrected chi connectivity index (χ4v) is 6.75. The Morgan fingerprint density at radius 1 is 1.03 bits per heavy atom. The van der Waals surface area contributed by atoms with Gasteiger partial charge >= 0.3 is 0 Å². The maximum atomic E-state index is 14.1. The van der Waals surface area contributed by atoms with Gasteiger partial charge in [-0.2, -0.15) is 11.8 Å². The minimum atomic E-state index is -1.55. The first kappa shape index (κ1) is 24.1. The summed E-state index contributed by atoms with van der Waals surface area (Å²) in [5.41, 5.74) is 4.34. The van der Waals surface area contributed by atoms with Crippen LogP contribution in [0.25, 0.3) is 22.2 Å². The van der Waals surface area contributed by atoms with Crippen LogP contribution < -0.4 is 4.90 Å². The molecule has 10 heteroatoms. The Balaban J connectivity index is 1.51. The number of carbonyl (C=O) groups is 1. The highest BCUT2D eigenvalue weighted by molar-refractivity contribution is 7.99. The van der Waals surface area contributed by atoms with Gasteiger partial charge in [0.05, 0.1) is 28.5 Å². The van der Waals surface area contributed by atoms with Crippen molar-refractivity contribution in [1.82, 2.24) is 14.7 Å². The first-order chi connectivity index (χ1) is 17.8. The number of benzene rings is 2. The number of halogens is 3. The van der Waals surface area contributed by atoms with Crippen molar-refractivity contribution in [3.63, 3.8) is 0 Å². The van der Waals surface area contributed by atoms with Crippen molar-refractivity contribution in [3.05, 3.63) is 65.1 Å². The van der Waals surface area contributed by atoms with Crippen LogP contribution in [0.5, 0.6) is 0 Å². The van der Waals surface area contributed by atoms with Gasteiger partial charge in [-0.25, -0.2) is 18.2 Å². The molecule has 2 fully saturated rings. The maximum absolute atomic E-state index is 14.1. The summed E-state index contributed by atoms with van der Waals surface area (Å²) in [6, 6.07) is 7.48. The molecular formula is C27H25F3N4O2S. The summed E-state index contributed by atoms with van der Waals surface area (Å²) in [6.07, 6.45) is 2.56. The molecular weight excluding hydrogens is 501 g/mol. The van der Waals surface area contributed by atoms with Crippen LogP contribution in [-0.4, -0.2) is 32.1 Å². The van der Waals surface area contributed by atoms with E-state index in [1.54, 1.807) is 0 Å². The van der Waals surface area contributed by atoms with Crippen LogP contribution in [0, 0.1) is 31.3 Å². The number of hydrogen-bond donors (Lipinski definition) is 0. The number of fused-ring (bicyclic) bond motifs is 1. The first-order valence-corrected chi connectivity index (χ1v) is 13.5. The molecule has 0 aliphatic carbocycles. The highest BCUT2D eigenvalue weighted by atomic mass is 32.2. The highest BCUT2D eigenvalue weighted by Gasteiger charge is 2.38. The zero-order chi connectivity index (χ0) is 25.8. The normalized spacial score (nSPS) is 18.9. The fourth-order valence-electron chi connectivity index (χ4n) is 5.66. The molecule has 1 amide bonds. The van der Waals surface area contributed by atoms with Crippen LogP contribution in [0.3, 0.4) is 0 Å². The third kappa shape index (κ3) is 4.02. The molecule has 0 radical (unpaired) electrons. The number of hydrogen-bond acceptors (Lipinski definition) is 5. The van der Waals surface area contributed by atoms with Gasteiger partial charge in [0.2, 0.25) is 5.91 Å². The van der Waals surface area contributed by atoms with Gasteiger partial charge in [0.25, 0.3) is 0 Å². The molecule has 0 spiro atoms. The number of nitrogens with zero attached hydrogens (tertiary/aromatic N) is 4. The maximum Gasteiger partial charge on any atom is 0.227 e. The third-order valence-electron chi connectivity index (χ3n) is 7.35. The van der Waals surface area contributed by atoms with E-state index in [2.05, 4.69) is 9.72 Å². The zero-order valence-corrected chi connectivity index (χ0v) is 21.2. The second kappa shape index (κ2) is 9.24. The van der Waals surface area contributed by atoms with E-state index >= 15 is 0 Å². The molecule has 0 N–H and O–H groups in total. The number of aromatic nitrogens is 3. The Labute approximate surface area is 215 Å². The molecule has 1 unspecified atom stereocenters. The second-order valence-corrected chi connectivity index (χ2v) is 10.9. The lowest BCUT2D eigenvalue weighted by atomic mass is 10.0. The Hall–Kier alpha value is -3.27. The van der Waals surface area contributed by atoms with Gasteiger partial charge in [0, 0.05) is 30.2 Å². The predicted molar refractivity (Wildman–Crippen MR) is 136 cm³/mol. The van der Waals surface area contributed by atoms with Crippen LogP contribution >= 0.6 is 11.8 Å². The van der Waals surface area contributed by atoms with E-state index in [-0.39, 0.29) is 24.1 Å². The van der Waals surface area contributed by atoms with Gasteiger partial charge in [0.15, 0.2) is 17.5 Å². The molecule has 4 aromatic rings. The third-order valence-corrected chi connectivity index (χ3v) is 8.40. The molecule has 2 aliphatic heterocycles. The minimum absolute atomic E-state index is 0.00174. The van der Waals surface area contributed by atoms with E-state index in [0.717, 1.165) is 64.3 Å². The van der Waals surface area contributed by atoms with E-state index in [9.17, 15) is 18.0 Å². The summed E-state index contributed by atoms with van der Waals surface area (Å²) in [5.74, 6) is -1.04. The molecule has 1 atom stereocenters. The predicted octanol–water partition coefficient (Wildman–Crippen LogP) is 6.66. The Morgan fingerprint density at radius 2 is 1.76 bits per heavy atom. The summed E-state index contributed by atoms with van der Waals surface area (Å²) in [5, 5.41) is 4.07. The highest BCUT2D eigenvalue weighted by Crippen LogP contribution is 2.42. The van der Waals surface area contributed by atoms with Crippen LogP contribution in [0.15, 0.2) is 34.9 Å². The van der Waals surface area contributed by atoms with Gasteiger partial charge in [0.1, 0.15) is 11.6 Å². The number of imidazole rings is 1. The molecule has 6 rings (SSSR count). The SMILES string of the molecule is Cc1noc(C)c1-c1ccc2c(c1)nc(C1CCC(=O)N1c1cc(F)c(F)c(F)c1)n2C1CCSCC1. The van der Waals surface area contributed by atoms with Crippen molar-refractivity contribution >= 4 is 34.4 Å². The summed E-state index contributed by atoms with van der Waals surface area (Å²) in [7, 11) is 0. The summed E-state index contributed by atoms with van der Waals surface area (Å²) in [6.45, 7) is 3.76. The monoisotopic (exact) mass is 526 g/mol. The number of carbonyl (C=O) groups excluding carboxylic acids is 1. The van der Waals surface area contributed by atoms with Crippen molar-refractivity contribution < 1.29 is 22.5 Å². The molecule has 6 nitrogen and oxygen atoms in total. The van der Waals surface area contributed by atoms with Gasteiger partial charge < -0.3 is 14.0 Å². The average molecular weight is 527 g/mol. The van der Waals surface area contributed by atoms with Crippen molar-refractivity contribution in [3.8, 4) is 11.1 Å². The molecule has 2 saturated heterocycles. The summed E-state index contributed by atoms with van der Waals surface area (Å²) < 4.78 is 49.5. The molecule has 0 saturated carbocycles. The van der Waals surface area contributed by atoms with E-state index in [0.29, 0.717) is 18.0 Å². The Morgan fingerprint density at radius 3 is 2.43 bits per heavy atom. The number of aryl methyl sites for hydroxylation is 2. The van der Waals surface area contributed by atoms with Crippen molar-refractivity contribution in [2.24, 2.45) is 0 Å². The van der Waals surface area contributed by atoms with Crippen molar-refractivity contribution in [2.75, 3.05) is 16.4 Å². The quantitative estimate of drug-likeness (QED) is 0.278. The Bertz CT molecular complexity index is 1480. The van der Waals surface area contributed by atoms with E-state index < -0.39 is 23.5 Å². The molecule has 2 aromatic carbocycles. The number of thioether (sulfide) groups is 1. The molecule has 192 valence electrons. The van der Waals surface area contributed by atoms with Gasteiger partial charge in [-0.05, 0) is 62.3 Å². The van der Waals surface area contributed by atoms with Gasteiger partial charge in [-0.15, -0.1) is 0 Å². The van der Waals surface area contributed by atoms with Gasteiger partial charge in [-0.3, -0.25) is 4.79 Å². The standard InChI is InChI=1S/C27H25F3N4O2S/c1-14-25(15(2)36-32-14)16-3-4-22-21(11-16)31-27(34(22)17-7-9-37-10-8-17)23-5-6-24(35)33(23)18-12-19(28)26(30)20(29)13-18/h3-4,11-13,17,23H,5-10H2,1-2H3. The van der Waals surface area contributed by atoms with Crippen LogP contribution in [-0.2, 0) is 4.79 Å². The lowest BCUT2D eigenvalue weighted by Crippen LogP contribution is -2.30. The van der Waals surface area contributed by atoms with E-state index in [1.807, 2.05) is 43.8 Å². The zero-order valence-electron chi connectivity index (χ0n) is 20.4. The second-order valence-electron chi connectivity index (χ2n) is 9.63. The summed E-state index contributed by atoms with van der Waals surface area (Å²) >= 11 is 1.91. The number of rotatable bonds is 4. The van der Waals surface area contributed by atoms with Crippen molar-refractivity contribution in [2.45, 2.75) is 51.6 Å². The molecule has 2 aromatic heterocycles. The molecule has 37 heavy (non-hydrogen) atoms. The Kier molecular flexibility index (Phi) is 6.01. The molecule has 4 heterocycles. The lowest BCUT2D eigenvalue weighted by Gasteiger charge is -2.30. The van der Waals surface area contributed by atoms with E-state index in [4.69, 9.17) is 9.51 Å². The fraction of sp³-hybridized carbons (Fsp3) is 0.370. The number of anilines is 1. The van der Waals surface area contributed by atoms with Crippen LogP contribution in [0.1, 0.15) is 55.0 Å². The van der Waals surface area contributed by atoms with Gasteiger partial charge in [-0.1, -0.05) is 11.2 Å². The largest absolute Gasteiger partial charge is 0.361 e. The van der Waals surface area contributed by atoms with E-state index in [1.165, 1.54) is 4.90 Å². The summed E-state index contributed by atoms with van der Waals surface area (Å²) in [4.78, 5) is 19.4. The van der Waals surface area contributed by atoms with Crippen molar-refractivity contribution in [1.29, 1.82) is 0 Å². The van der Waals surface area contributed by atoms with Crippen LogP contribution in [0.2, 0.25) is 0 Å². The minimum Gasteiger partial charge on any atom is -0.361 e. The average Bonchev–Trinajstić information content (AvgIpc) is 3.56. The molecule has 0 bridgehead atoms. The van der Waals surface area contributed by atoms with Crippen LogP contribution in [0.4, 0.5) is 18.9 Å². The smallest absolute Gasteiger partial charge is 0.227 e. The molecule has 2 aliphatic rings. The lowest BCUT2D eigenvalue weighted by molar-refractivity contribution is -0.117. The topological polar surface area (TPSA) is 64.2 Å².